The number of fused-ring (bicyclic) bond motifs is 1. The van der Waals surface area contributed by atoms with Gasteiger partial charge in [-0.15, -0.1) is 0 Å². The topological polar surface area (TPSA) is 104 Å². The molecule has 0 radical (unpaired) electrons. The Labute approximate surface area is 155 Å². The summed E-state index contributed by atoms with van der Waals surface area (Å²) in [5, 5.41) is 6.53. The number of sulfonamides is 1. The number of ether oxygens (including phenoxy) is 1. The van der Waals surface area contributed by atoms with Crippen molar-refractivity contribution in [2.75, 3.05) is 25.2 Å². The number of primary sulfonamides is 1. The van der Waals surface area contributed by atoms with Crippen LogP contribution in [-0.4, -0.2) is 43.2 Å². The van der Waals surface area contributed by atoms with Crippen LogP contribution in [0.25, 0.3) is 10.9 Å². The van der Waals surface area contributed by atoms with Crippen LogP contribution in [0.1, 0.15) is 12.8 Å². The smallest absolute Gasteiger partial charge is 0.262 e. The van der Waals surface area contributed by atoms with E-state index in [0.29, 0.717) is 52.8 Å². The summed E-state index contributed by atoms with van der Waals surface area (Å²) >= 11 is 7.32. The minimum absolute atomic E-state index is 0.104. The molecular formula is C15H20ClN3O4S2. The molecular weight excluding hydrogens is 386 g/mol. The van der Waals surface area contributed by atoms with E-state index in [2.05, 4.69) is 4.98 Å². The first-order chi connectivity index (χ1) is 11.8. The van der Waals surface area contributed by atoms with Crippen molar-refractivity contribution in [1.29, 1.82) is 0 Å². The number of halogens is 1. The standard InChI is InChI=1S/C15H20ClN3O4S2/c1-23-7-2-6-19-14(20)12-5-4-11(16)10-13(12)18-15(19)24-8-3-9-25(17,21)22/h4-5,10H,2-3,6-9H2,1H3,(H2,17,21,22). The Morgan fingerprint density at radius 2 is 2.12 bits per heavy atom. The number of hydrogen-bond acceptors (Lipinski definition) is 6. The molecule has 0 aliphatic heterocycles. The van der Waals surface area contributed by atoms with E-state index in [-0.39, 0.29) is 11.3 Å². The number of methoxy groups -OCH3 is 1. The van der Waals surface area contributed by atoms with Gasteiger partial charge in [-0.3, -0.25) is 9.36 Å². The first-order valence-electron chi connectivity index (χ1n) is 7.64. The third-order valence-corrected chi connectivity index (χ3v) is 5.57. The van der Waals surface area contributed by atoms with E-state index in [9.17, 15) is 13.2 Å². The maximum Gasteiger partial charge on any atom is 0.262 e. The van der Waals surface area contributed by atoms with Gasteiger partial charge in [-0.2, -0.15) is 0 Å². The molecule has 0 bridgehead atoms. The van der Waals surface area contributed by atoms with Crippen LogP contribution >= 0.6 is 23.4 Å². The lowest BCUT2D eigenvalue weighted by Crippen LogP contribution is -2.24. The van der Waals surface area contributed by atoms with Gasteiger partial charge in [0, 0.05) is 31.0 Å². The zero-order valence-corrected chi connectivity index (χ0v) is 16.2. The highest BCUT2D eigenvalue weighted by atomic mass is 35.5. The van der Waals surface area contributed by atoms with E-state index in [1.807, 2.05) is 0 Å². The van der Waals surface area contributed by atoms with Gasteiger partial charge in [0.2, 0.25) is 10.0 Å². The summed E-state index contributed by atoms with van der Waals surface area (Å²) in [6.07, 6.45) is 1.05. The maximum atomic E-state index is 12.8. The van der Waals surface area contributed by atoms with Gasteiger partial charge in [0.1, 0.15) is 0 Å². The lowest BCUT2D eigenvalue weighted by atomic mass is 10.2. The highest BCUT2D eigenvalue weighted by molar-refractivity contribution is 7.99. The fraction of sp³-hybridized carbons (Fsp3) is 0.467. The third-order valence-electron chi connectivity index (χ3n) is 3.42. The highest BCUT2D eigenvalue weighted by Crippen LogP contribution is 2.21. The molecule has 2 aromatic rings. The molecule has 0 fully saturated rings. The van der Waals surface area contributed by atoms with E-state index in [1.165, 1.54) is 11.8 Å². The SMILES string of the molecule is COCCCn1c(SCCCS(N)(=O)=O)nc2cc(Cl)ccc2c1=O. The molecule has 0 aliphatic rings. The molecule has 0 unspecified atom stereocenters. The predicted octanol–water partition coefficient (Wildman–Crippen LogP) is 1.86. The van der Waals surface area contributed by atoms with Crippen LogP contribution < -0.4 is 10.7 Å². The quantitative estimate of drug-likeness (QED) is 0.388. The van der Waals surface area contributed by atoms with Crippen molar-refractivity contribution in [3.8, 4) is 0 Å². The van der Waals surface area contributed by atoms with Gasteiger partial charge in [0.25, 0.3) is 5.56 Å². The molecule has 0 spiro atoms. The molecule has 1 aromatic carbocycles. The molecule has 2 N–H and O–H groups in total. The first kappa shape index (κ1) is 20.2. The normalized spacial score (nSPS) is 12.0. The van der Waals surface area contributed by atoms with Crippen LogP contribution in [0.4, 0.5) is 0 Å². The van der Waals surface area contributed by atoms with Crippen LogP contribution in [0.5, 0.6) is 0 Å². The Balaban J connectivity index is 2.30. The summed E-state index contributed by atoms with van der Waals surface area (Å²) in [6.45, 7) is 0.996. The fourth-order valence-corrected chi connectivity index (χ4v) is 4.13. The zero-order valence-electron chi connectivity index (χ0n) is 13.8. The molecule has 0 amide bonds. The lowest BCUT2D eigenvalue weighted by molar-refractivity contribution is 0.189. The first-order valence-corrected chi connectivity index (χ1v) is 10.7. The minimum Gasteiger partial charge on any atom is -0.385 e. The average Bonchev–Trinajstić information content (AvgIpc) is 2.53. The van der Waals surface area contributed by atoms with Gasteiger partial charge in [0.15, 0.2) is 5.16 Å². The number of hydrogen-bond donors (Lipinski definition) is 1. The van der Waals surface area contributed by atoms with Crippen molar-refractivity contribution < 1.29 is 13.2 Å². The van der Waals surface area contributed by atoms with Gasteiger partial charge in [-0.1, -0.05) is 23.4 Å². The number of thioether (sulfide) groups is 1. The lowest BCUT2D eigenvalue weighted by Gasteiger charge is -2.13. The van der Waals surface area contributed by atoms with Gasteiger partial charge < -0.3 is 4.74 Å². The van der Waals surface area contributed by atoms with Crippen molar-refractivity contribution in [3.05, 3.63) is 33.6 Å². The van der Waals surface area contributed by atoms with Crippen LogP contribution in [-0.2, 0) is 21.3 Å². The zero-order chi connectivity index (χ0) is 18.4. The number of nitrogens with zero attached hydrogens (tertiary/aromatic N) is 2. The van der Waals surface area contributed by atoms with Gasteiger partial charge in [0.05, 0.1) is 16.7 Å². The predicted molar refractivity (Wildman–Crippen MR) is 101 cm³/mol. The molecule has 0 aliphatic carbocycles. The van der Waals surface area contributed by atoms with Crippen LogP contribution in [0.3, 0.4) is 0 Å². The molecule has 2 rings (SSSR count). The Morgan fingerprint density at radius 1 is 1.36 bits per heavy atom. The molecule has 1 heterocycles. The molecule has 138 valence electrons. The Morgan fingerprint density at radius 3 is 2.80 bits per heavy atom. The second kappa shape index (κ2) is 9.00. The molecule has 1 aromatic heterocycles. The highest BCUT2D eigenvalue weighted by Gasteiger charge is 2.12. The Kier molecular flexibility index (Phi) is 7.26. The van der Waals surface area contributed by atoms with Gasteiger partial charge in [-0.25, -0.2) is 18.5 Å². The summed E-state index contributed by atoms with van der Waals surface area (Å²) in [6, 6.07) is 4.97. The maximum absolute atomic E-state index is 12.8. The second-order valence-electron chi connectivity index (χ2n) is 5.43. The molecule has 7 nitrogen and oxygen atoms in total. The van der Waals surface area contributed by atoms with Crippen molar-refractivity contribution >= 4 is 44.3 Å². The monoisotopic (exact) mass is 405 g/mol. The van der Waals surface area contributed by atoms with Crippen molar-refractivity contribution in [2.45, 2.75) is 24.5 Å². The number of nitrogens with two attached hydrogens (primary N) is 1. The average molecular weight is 406 g/mol. The number of aromatic nitrogens is 2. The van der Waals surface area contributed by atoms with Crippen LogP contribution in [0, 0.1) is 0 Å². The van der Waals surface area contributed by atoms with Crippen molar-refractivity contribution in [3.63, 3.8) is 0 Å². The van der Waals surface area contributed by atoms with Crippen LogP contribution in [0.2, 0.25) is 5.02 Å². The molecule has 10 heteroatoms. The van der Waals surface area contributed by atoms with E-state index < -0.39 is 10.0 Å². The van der Waals surface area contributed by atoms with E-state index >= 15 is 0 Å². The summed E-state index contributed by atoms with van der Waals surface area (Å²) in [4.78, 5) is 17.3. The van der Waals surface area contributed by atoms with Crippen molar-refractivity contribution in [1.82, 2.24) is 9.55 Å². The van der Waals surface area contributed by atoms with Crippen LogP contribution in [0.15, 0.2) is 28.2 Å². The Bertz CT molecular complexity index is 900. The third kappa shape index (κ3) is 5.96. The van der Waals surface area contributed by atoms with Gasteiger partial charge >= 0.3 is 0 Å². The summed E-state index contributed by atoms with van der Waals surface area (Å²) in [5.74, 6) is 0.381. The fourth-order valence-electron chi connectivity index (χ4n) is 2.27. The van der Waals surface area contributed by atoms with Crippen molar-refractivity contribution in [2.24, 2.45) is 5.14 Å². The number of benzene rings is 1. The summed E-state index contributed by atoms with van der Waals surface area (Å²) < 4.78 is 28.7. The minimum atomic E-state index is -3.49. The second-order valence-corrected chi connectivity index (χ2v) is 8.66. The summed E-state index contributed by atoms with van der Waals surface area (Å²) in [5.41, 5.74) is 0.376. The van der Waals surface area contributed by atoms with Gasteiger partial charge in [-0.05, 0) is 31.0 Å². The molecule has 0 saturated carbocycles. The summed E-state index contributed by atoms with van der Waals surface area (Å²) in [7, 11) is -1.89. The molecule has 0 saturated heterocycles. The largest absolute Gasteiger partial charge is 0.385 e. The van der Waals surface area contributed by atoms with E-state index in [0.717, 1.165) is 0 Å². The molecule has 0 atom stereocenters. The van der Waals surface area contributed by atoms with E-state index in [1.54, 1.807) is 29.9 Å². The molecule has 25 heavy (non-hydrogen) atoms. The van der Waals surface area contributed by atoms with E-state index in [4.69, 9.17) is 21.5 Å². The Hall–Kier alpha value is -1.13. The number of rotatable bonds is 9.